The summed E-state index contributed by atoms with van der Waals surface area (Å²) in [4.78, 5) is 27.0. The fraction of sp³-hybridized carbons (Fsp3) is 0.333. The molecule has 7 nitrogen and oxygen atoms in total. The average Bonchev–Trinajstić information content (AvgIpc) is 2.69. The summed E-state index contributed by atoms with van der Waals surface area (Å²) in [5.41, 5.74) is 2.35. The Hall–Kier alpha value is -2.87. The van der Waals surface area contributed by atoms with Crippen LogP contribution in [0.4, 0.5) is 5.69 Å². The van der Waals surface area contributed by atoms with E-state index in [1.165, 1.54) is 0 Å². The van der Waals surface area contributed by atoms with Gasteiger partial charge in [-0.2, -0.15) is 0 Å². The van der Waals surface area contributed by atoms with Crippen molar-refractivity contribution >= 4 is 27.3 Å². The van der Waals surface area contributed by atoms with Gasteiger partial charge in [0, 0.05) is 38.1 Å². The summed E-state index contributed by atoms with van der Waals surface area (Å²) in [6.07, 6.45) is 1.11. The van der Waals surface area contributed by atoms with Gasteiger partial charge < -0.3 is 15.5 Å². The molecule has 0 fully saturated rings. The van der Waals surface area contributed by atoms with Crippen LogP contribution in [0.1, 0.15) is 22.3 Å². The molecule has 29 heavy (non-hydrogen) atoms. The summed E-state index contributed by atoms with van der Waals surface area (Å²) >= 11 is 0. The van der Waals surface area contributed by atoms with Crippen molar-refractivity contribution < 1.29 is 18.0 Å². The van der Waals surface area contributed by atoms with Crippen molar-refractivity contribution in [1.29, 1.82) is 0 Å². The standard InChI is InChI=1S/C21H27N3O4S/c1-24(2)18-11-9-16(10-12-18)15-22-21(26)19(13-14-29(3,27)28)23-20(25)17-7-5-4-6-8-17/h4-12,19H,13-15H2,1-3H3,(H,22,26)(H,23,25)/t19-/m1/s1. The Kier molecular flexibility index (Phi) is 7.78. The Balaban J connectivity index is 2.04. The molecule has 0 aliphatic rings. The zero-order valence-corrected chi connectivity index (χ0v) is 17.7. The lowest BCUT2D eigenvalue weighted by atomic mass is 10.1. The lowest BCUT2D eigenvalue weighted by Gasteiger charge is -2.19. The fourth-order valence-electron chi connectivity index (χ4n) is 2.66. The van der Waals surface area contributed by atoms with Crippen molar-refractivity contribution in [2.75, 3.05) is 31.0 Å². The molecule has 156 valence electrons. The summed E-state index contributed by atoms with van der Waals surface area (Å²) < 4.78 is 23.1. The first-order valence-electron chi connectivity index (χ1n) is 9.23. The Labute approximate surface area is 172 Å². The van der Waals surface area contributed by atoms with E-state index < -0.39 is 27.7 Å². The normalized spacial score (nSPS) is 12.1. The molecular weight excluding hydrogens is 390 g/mol. The highest BCUT2D eigenvalue weighted by molar-refractivity contribution is 7.90. The van der Waals surface area contributed by atoms with Crippen LogP contribution in [-0.2, 0) is 21.2 Å². The van der Waals surface area contributed by atoms with Gasteiger partial charge in [0.15, 0.2) is 0 Å². The van der Waals surface area contributed by atoms with Crippen LogP contribution in [0.15, 0.2) is 54.6 Å². The smallest absolute Gasteiger partial charge is 0.251 e. The maximum atomic E-state index is 12.6. The first-order chi connectivity index (χ1) is 13.7. The summed E-state index contributed by atoms with van der Waals surface area (Å²) in [7, 11) is 0.617. The Morgan fingerprint density at radius 2 is 1.62 bits per heavy atom. The SMILES string of the molecule is CN(C)c1ccc(CNC(=O)[C@@H](CCS(C)(=O)=O)NC(=O)c2ccccc2)cc1. The van der Waals surface area contributed by atoms with Gasteiger partial charge in [-0.15, -0.1) is 0 Å². The van der Waals surface area contributed by atoms with Crippen molar-refractivity contribution in [3.05, 3.63) is 65.7 Å². The van der Waals surface area contributed by atoms with E-state index in [9.17, 15) is 18.0 Å². The van der Waals surface area contributed by atoms with Crippen molar-refractivity contribution in [3.8, 4) is 0 Å². The first kappa shape index (κ1) is 22.4. The fourth-order valence-corrected chi connectivity index (χ4v) is 3.32. The van der Waals surface area contributed by atoms with Gasteiger partial charge in [-0.3, -0.25) is 9.59 Å². The molecule has 0 aromatic heterocycles. The predicted molar refractivity (Wildman–Crippen MR) is 115 cm³/mol. The topological polar surface area (TPSA) is 95.6 Å². The summed E-state index contributed by atoms with van der Waals surface area (Å²) in [5, 5.41) is 5.42. The highest BCUT2D eigenvalue weighted by Gasteiger charge is 2.22. The highest BCUT2D eigenvalue weighted by Crippen LogP contribution is 2.12. The number of nitrogens with one attached hydrogen (secondary N) is 2. The zero-order chi connectivity index (χ0) is 21.4. The lowest BCUT2D eigenvalue weighted by molar-refractivity contribution is -0.123. The van der Waals surface area contributed by atoms with Crippen molar-refractivity contribution in [3.63, 3.8) is 0 Å². The maximum absolute atomic E-state index is 12.6. The van der Waals surface area contributed by atoms with Crippen LogP contribution in [0.2, 0.25) is 0 Å². The van der Waals surface area contributed by atoms with Crippen LogP contribution >= 0.6 is 0 Å². The second-order valence-electron chi connectivity index (χ2n) is 7.09. The van der Waals surface area contributed by atoms with Gasteiger partial charge in [0.25, 0.3) is 5.91 Å². The van der Waals surface area contributed by atoms with E-state index >= 15 is 0 Å². The third-order valence-electron chi connectivity index (χ3n) is 4.35. The molecular formula is C21H27N3O4S. The number of amides is 2. The number of anilines is 1. The molecule has 0 spiro atoms. The van der Waals surface area contributed by atoms with Crippen LogP contribution in [0.5, 0.6) is 0 Å². The molecule has 0 unspecified atom stereocenters. The number of carbonyl (C=O) groups is 2. The Bertz CT molecular complexity index is 926. The number of rotatable bonds is 9. The lowest BCUT2D eigenvalue weighted by Crippen LogP contribution is -2.47. The molecule has 0 heterocycles. The largest absolute Gasteiger partial charge is 0.378 e. The molecule has 1 atom stereocenters. The minimum Gasteiger partial charge on any atom is -0.378 e. The van der Waals surface area contributed by atoms with Gasteiger partial charge >= 0.3 is 0 Å². The number of hydrogen-bond donors (Lipinski definition) is 2. The minimum absolute atomic E-state index is 0.00279. The van der Waals surface area contributed by atoms with Gasteiger partial charge in [0.05, 0.1) is 5.75 Å². The predicted octanol–water partition coefficient (Wildman–Crippen LogP) is 1.60. The molecule has 0 saturated heterocycles. The van der Waals surface area contributed by atoms with Gasteiger partial charge in [0.1, 0.15) is 15.9 Å². The van der Waals surface area contributed by atoms with E-state index in [1.54, 1.807) is 30.3 Å². The third kappa shape index (κ3) is 7.57. The number of carbonyl (C=O) groups excluding carboxylic acids is 2. The summed E-state index contributed by atoms with van der Waals surface area (Å²) in [6, 6.07) is 15.2. The van der Waals surface area contributed by atoms with Gasteiger partial charge in [-0.05, 0) is 36.2 Å². The molecule has 2 aromatic carbocycles. The number of sulfone groups is 1. The average molecular weight is 418 g/mol. The molecule has 2 rings (SSSR count). The van der Waals surface area contributed by atoms with Crippen molar-refractivity contribution in [1.82, 2.24) is 10.6 Å². The number of hydrogen-bond acceptors (Lipinski definition) is 5. The van der Waals surface area contributed by atoms with Crippen LogP contribution < -0.4 is 15.5 Å². The quantitative estimate of drug-likeness (QED) is 0.646. The van der Waals surface area contributed by atoms with Crippen molar-refractivity contribution in [2.45, 2.75) is 19.0 Å². The maximum Gasteiger partial charge on any atom is 0.251 e. The Morgan fingerprint density at radius 3 is 2.17 bits per heavy atom. The zero-order valence-electron chi connectivity index (χ0n) is 16.9. The number of nitrogens with zero attached hydrogens (tertiary/aromatic N) is 1. The van der Waals surface area contributed by atoms with E-state index in [2.05, 4.69) is 10.6 Å². The molecule has 0 saturated carbocycles. The monoisotopic (exact) mass is 417 g/mol. The van der Waals surface area contributed by atoms with E-state index in [0.717, 1.165) is 17.5 Å². The second-order valence-corrected chi connectivity index (χ2v) is 9.35. The van der Waals surface area contributed by atoms with Crippen LogP contribution in [0.3, 0.4) is 0 Å². The van der Waals surface area contributed by atoms with Gasteiger partial charge in [0.2, 0.25) is 5.91 Å². The van der Waals surface area contributed by atoms with Gasteiger partial charge in [-0.1, -0.05) is 30.3 Å². The van der Waals surface area contributed by atoms with Crippen molar-refractivity contribution in [2.24, 2.45) is 0 Å². The molecule has 2 aromatic rings. The summed E-state index contributed by atoms with van der Waals surface area (Å²) in [5.74, 6) is -1.04. The summed E-state index contributed by atoms with van der Waals surface area (Å²) in [6.45, 7) is 0.281. The van der Waals surface area contributed by atoms with E-state index in [0.29, 0.717) is 5.56 Å². The highest BCUT2D eigenvalue weighted by atomic mass is 32.2. The third-order valence-corrected chi connectivity index (χ3v) is 5.33. The van der Waals surface area contributed by atoms with Crippen LogP contribution in [0, 0.1) is 0 Å². The molecule has 0 bridgehead atoms. The molecule has 0 aliphatic carbocycles. The van der Waals surface area contributed by atoms with E-state index in [1.807, 2.05) is 43.3 Å². The second kappa shape index (κ2) is 10.1. The molecule has 8 heteroatoms. The van der Waals surface area contributed by atoms with E-state index in [4.69, 9.17) is 0 Å². The van der Waals surface area contributed by atoms with Crippen LogP contribution in [0.25, 0.3) is 0 Å². The molecule has 0 aliphatic heterocycles. The molecule has 2 amide bonds. The first-order valence-corrected chi connectivity index (χ1v) is 11.3. The minimum atomic E-state index is -3.27. The molecule has 2 N–H and O–H groups in total. The molecule has 0 radical (unpaired) electrons. The van der Waals surface area contributed by atoms with E-state index in [-0.39, 0.29) is 18.7 Å². The Morgan fingerprint density at radius 1 is 1.00 bits per heavy atom. The van der Waals surface area contributed by atoms with Gasteiger partial charge in [-0.25, -0.2) is 8.42 Å². The number of benzene rings is 2. The van der Waals surface area contributed by atoms with Crippen LogP contribution in [-0.4, -0.2) is 52.4 Å².